The second-order valence-electron chi connectivity index (χ2n) is 6.33. The van der Waals surface area contributed by atoms with Crippen molar-refractivity contribution >= 4 is 35.3 Å². The third-order valence-corrected chi connectivity index (χ3v) is 5.51. The summed E-state index contributed by atoms with van der Waals surface area (Å²) in [4.78, 5) is 29.1. The van der Waals surface area contributed by atoms with Gasteiger partial charge in [0.25, 0.3) is 11.6 Å². The number of rotatable bonds is 4. The van der Waals surface area contributed by atoms with E-state index in [1.807, 2.05) is 11.8 Å². The Morgan fingerprint density at radius 1 is 1.35 bits per heavy atom. The normalized spacial score (nSPS) is 16.0. The first-order valence-corrected chi connectivity index (χ1v) is 9.09. The maximum Gasteiger partial charge on any atom is 0.273 e. The molecule has 0 radical (unpaired) electrons. The summed E-state index contributed by atoms with van der Waals surface area (Å²) in [6, 6.07) is 6.34. The third-order valence-electron chi connectivity index (χ3n) is 4.62. The van der Waals surface area contributed by atoms with E-state index in [1.54, 1.807) is 17.5 Å². The molecule has 0 bridgehead atoms. The van der Waals surface area contributed by atoms with Crippen molar-refractivity contribution in [3.63, 3.8) is 0 Å². The second kappa shape index (κ2) is 8.57. The monoisotopic (exact) mass is 396 g/mol. The van der Waals surface area contributed by atoms with E-state index in [1.165, 1.54) is 23.5 Å². The maximum absolute atomic E-state index is 12.6. The Labute approximate surface area is 161 Å². The number of nitrogens with zero attached hydrogens (tertiary/aromatic N) is 3. The van der Waals surface area contributed by atoms with Gasteiger partial charge in [-0.3, -0.25) is 14.9 Å². The van der Waals surface area contributed by atoms with Crippen LogP contribution >= 0.6 is 23.7 Å². The van der Waals surface area contributed by atoms with Gasteiger partial charge in [0, 0.05) is 42.2 Å². The van der Waals surface area contributed by atoms with E-state index in [9.17, 15) is 14.9 Å². The number of aromatic nitrogens is 1. The number of thiazole rings is 1. The van der Waals surface area contributed by atoms with Crippen LogP contribution in [-0.4, -0.2) is 39.8 Å². The fourth-order valence-corrected chi connectivity index (χ4v) is 3.82. The quantitative estimate of drug-likeness (QED) is 0.630. The molecule has 2 N–H and O–H groups in total. The number of nitrogens with two attached hydrogens (primary N) is 1. The number of piperidine rings is 1. The number of hydrogen-bond donors (Lipinski definition) is 1. The first kappa shape index (κ1) is 20.3. The highest BCUT2D eigenvalue weighted by molar-refractivity contribution is 7.13. The molecular formula is C17H21ClN4O3S. The average Bonchev–Trinajstić information content (AvgIpc) is 3.11. The zero-order valence-electron chi connectivity index (χ0n) is 14.3. The summed E-state index contributed by atoms with van der Waals surface area (Å²) in [5.74, 6) is 0.405. The molecule has 0 spiro atoms. The van der Waals surface area contributed by atoms with Crippen molar-refractivity contribution in [1.29, 1.82) is 0 Å². The predicted octanol–water partition coefficient (Wildman–Crippen LogP) is 3.34. The minimum atomic E-state index is -0.438. The van der Waals surface area contributed by atoms with Crippen molar-refractivity contribution < 1.29 is 9.72 Å². The first-order valence-electron chi connectivity index (χ1n) is 8.21. The molecule has 1 fully saturated rings. The van der Waals surface area contributed by atoms with Gasteiger partial charge in [-0.2, -0.15) is 0 Å². The highest BCUT2D eigenvalue weighted by Gasteiger charge is 2.26. The molecular weight excluding hydrogens is 376 g/mol. The molecule has 3 rings (SSSR count). The molecule has 1 unspecified atom stereocenters. The van der Waals surface area contributed by atoms with E-state index >= 15 is 0 Å². The SMILES string of the molecule is CC(N)C1CCN(C(=O)c2csc(-c3ccc([N+](=O)[O-])cc3)n2)CC1.Cl. The minimum Gasteiger partial charge on any atom is -0.337 e. The molecule has 2 aromatic rings. The predicted molar refractivity (Wildman–Crippen MR) is 104 cm³/mol. The van der Waals surface area contributed by atoms with Crippen LogP contribution in [0.4, 0.5) is 5.69 Å². The summed E-state index contributed by atoms with van der Waals surface area (Å²) in [5.41, 5.74) is 7.17. The maximum atomic E-state index is 12.6. The lowest BCUT2D eigenvalue weighted by Crippen LogP contribution is -2.42. The van der Waals surface area contributed by atoms with Crippen LogP contribution in [-0.2, 0) is 0 Å². The smallest absolute Gasteiger partial charge is 0.273 e. The van der Waals surface area contributed by atoms with Gasteiger partial charge in [-0.05, 0) is 37.8 Å². The largest absolute Gasteiger partial charge is 0.337 e. The number of nitro groups is 1. The molecule has 1 amide bonds. The molecule has 140 valence electrons. The Hall–Kier alpha value is -2.03. The first-order chi connectivity index (χ1) is 12.0. The van der Waals surface area contributed by atoms with Gasteiger partial charge in [-0.25, -0.2) is 4.98 Å². The van der Waals surface area contributed by atoms with Gasteiger partial charge < -0.3 is 10.6 Å². The molecule has 0 saturated carbocycles. The van der Waals surface area contributed by atoms with E-state index in [-0.39, 0.29) is 30.0 Å². The number of hydrogen-bond acceptors (Lipinski definition) is 6. The Morgan fingerprint density at radius 3 is 2.50 bits per heavy atom. The van der Waals surface area contributed by atoms with Gasteiger partial charge in [0.05, 0.1) is 4.92 Å². The van der Waals surface area contributed by atoms with Crippen molar-refractivity contribution in [3.8, 4) is 10.6 Å². The highest BCUT2D eigenvalue weighted by atomic mass is 35.5. The van der Waals surface area contributed by atoms with E-state index in [4.69, 9.17) is 5.73 Å². The summed E-state index contributed by atoms with van der Waals surface area (Å²) >= 11 is 1.37. The number of nitro benzene ring substituents is 1. The zero-order valence-corrected chi connectivity index (χ0v) is 16.0. The summed E-state index contributed by atoms with van der Waals surface area (Å²) in [5, 5.41) is 13.1. The summed E-state index contributed by atoms with van der Waals surface area (Å²) in [6.45, 7) is 3.42. The number of carbonyl (C=O) groups is 1. The van der Waals surface area contributed by atoms with Crippen molar-refractivity contribution in [2.24, 2.45) is 11.7 Å². The number of non-ortho nitro benzene ring substituents is 1. The van der Waals surface area contributed by atoms with E-state index in [0.29, 0.717) is 29.7 Å². The fourth-order valence-electron chi connectivity index (χ4n) is 3.02. The van der Waals surface area contributed by atoms with E-state index in [0.717, 1.165) is 18.4 Å². The van der Waals surface area contributed by atoms with Gasteiger partial charge >= 0.3 is 0 Å². The van der Waals surface area contributed by atoms with Crippen LogP contribution < -0.4 is 5.73 Å². The Morgan fingerprint density at radius 2 is 1.96 bits per heavy atom. The molecule has 1 aromatic heterocycles. The van der Waals surface area contributed by atoms with Crippen LogP contribution in [0.2, 0.25) is 0 Å². The number of amides is 1. The van der Waals surface area contributed by atoms with Gasteiger partial charge in [-0.15, -0.1) is 23.7 Å². The Bertz CT molecular complexity index is 771. The van der Waals surface area contributed by atoms with Crippen LogP contribution in [0, 0.1) is 16.0 Å². The topological polar surface area (TPSA) is 102 Å². The number of halogens is 1. The Kier molecular flexibility index (Phi) is 6.69. The van der Waals surface area contributed by atoms with E-state index in [2.05, 4.69) is 4.98 Å². The molecule has 0 aliphatic carbocycles. The second-order valence-corrected chi connectivity index (χ2v) is 7.19. The molecule has 1 atom stereocenters. The lowest BCUT2D eigenvalue weighted by molar-refractivity contribution is -0.384. The lowest BCUT2D eigenvalue weighted by atomic mass is 9.91. The Balaban J connectivity index is 0.00000243. The molecule has 26 heavy (non-hydrogen) atoms. The minimum absolute atomic E-state index is 0. The van der Waals surface area contributed by atoms with Gasteiger partial charge in [0.2, 0.25) is 0 Å². The van der Waals surface area contributed by atoms with Gasteiger partial charge in [0.1, 0.15) is 10.7 Å². The van der Waals surface area contributed by atoms with E-state index < -0.39 is 4.92 Å². The van der Waals surface area contributed by atoms with Gasteiger partial charge in [0.15, 0.2) is 0 Å². The van der Waals surface area contributed by atoms with Crippen molar-refractivity contribution in [2.75, 3.05) is 13.1 Å². The number of carbonyl (C=O) groups excluding carboxylic acids is 1. The molecule has 1 aliphatic heterocycles. The fraction of sp³-hybridized carbons (Fsp3) is 0.412. The molecule has 9 heteroatoms. The third kappa shape index (κ3) is 4.38. The van der Waals surface area contributed by atoms with Crippen LogP contribution in [0.5, 0.6) is 0 Å². The van der Waals surface area contributed by atoms with Crippen molar-refractivity contribution in [2.45, 2.75) is 25.8 Å². The van der Waals surface area contributed by atoms with Crippen LogP contribution in [0.15, 0.2) is 29.6 Å². The van der Waals surface area contributed by atoms with Crippen molar-refractivity contribution in [3.05, 3.63) is 45.5 Å². The molecule has 1 aromatic carbocycles. The summed E-state index contributed by atoms with van der Waals surface area (Å²) in [6.07, 6.45) is 1.84. The molecule has 1 saturated heterocycles. The standard InChI is InChI=1S/C17H20N4O3S.ClH/c1-11(18)12-6-8-20(9-7-12)17(22)15-10-25-16(19-15)13-2-4-14(5-3-13)21(23)24;/h2-5,10-12H,6-9,18H2,1H3;1H. The summed E-state index contributed by atoms with van der Waals surface area (Å²) in [7, 11) is 0. The van der Waals surface area contributed by atoms with Gasteiger partial charge in [-0.1, -0.05) is 0 Å². The van der Waals surface area contributed by atoms with Crippen molar-refractivity contribution in [1.82, 2.24) is 9.88 Å². The van der Waals surface area contributed by atoms with Crippen LogP contribution in [0.3, 0.4) is 0 Å². The van der Waals surface area contributed by atoms with Crippen LogP contribution in [0.25, 0.3) is 10.6 Å². The number of benzene rings is 1. The molecule has 7 nitrogen and oxygen atoms in total. The molecule has 1 aliphatic rings. The summed E-state index contributed by atoms with van der Waals surface area (Å²) < 4.78 is 0. The molecule has 2 heterocycles. The zero-order chi connectivity index (χ0) is 18.0. The number of likely N-dealkylation sites (tertiary alicyclic amines) is 1. The average molecular weight is 397 g/mol. The lowest BCUT2D eigenvalue weighted by Gasteiger charge is -2.33. The highest BCUT2D eigenvalue weighted by Crippen LogP contribution is 2.27. The van der Waals surface area contributed by atoms with Crippen LogP contribution in [0.1, 0.15) is 30.3 Å².